The first-order chi connectivity index (χ1) is 10.1. The quantitative estimate of drug-likeness (QED) is 0.781. The highest BCUT2D eigenvalue weighted by Gasteiger charge is 2.23. The number of carboxylic acid groups (broad SMARTS) is 1. The van der Waals surface area contributed by atoms with E-state index in [1.165, 1.54) is 38.2 Å². The molecule has 1 atom stereocenters. The lowest BCUT2D eigenvalue weighted by molar-refractivity contribution is -0.131. The van der Waals surface area contributed by atoms with Crippen LogP contribution in [0.1, 0.15) is 44.6 Å². The Hall–Kier alpha value is -1.29. The fraction of sp³-hybridized carbons (Fsp3) is 0.471. The minimum Gasteiger partial charge on any atom is -0.478 e. The van der Waals surface area contributed by atoms with Crippen molar-refractivity contribution in [3.8, 4) is 0 Å². The zero-order valence-corrected chi connectivity index (χ0v) is 14.0. The van der Waals surface area contributed by atoms with Gasteiger partial charge in [0.15, 0.2) is 0 Å². The van der Waals surface area contributed by atoms with Gasteiger partial charge in [0.05, 0.1) is 0 Å². The van der Waals surface area contributed by atoms with Crippen LogP contribution in [0.25, 0.3) is 6.08 Å². The maximum atomic E-state index is 10.8. The van der Waals surface area contributed by atoms with E-state index < -0.39 is 5.97 Å². The van der Waals surface area contributed by atoms with E-state index in [4.69, 9.17) is 5.11 Å². The summed E-state index contributed by atoms with van der Waals surface area (Å²) in [6.45, 7) is 3.27. The summed E-state index contributed by atoms with van der Waals surface area (Å²) in [5.41, 5.74) is 2.11. The Balaban J connectivity index is 2.35. The van der Waals surface area contributed by atoms with Crippen LogP contribution in [0.2, 0.25) is 0 Å². The second-order valence-electron chi connectivity index (χ2n) is 5.51. The lowest BCUT2D eigenvalue weighted by atomic mass is 9.96. The van der Waals surface area contributed by atoms with Gasteiger partial charge in [0.2, 0.25) is 0 Å². The molecule has 0 aromatic heterocycles. The van der Waals surface area contributed by atoms with E-state index in [1.54, 1.807) is 6.08 Å². The zero-order valence-electron chi connectivity index (χ0n) is 12.4. The van der Waals surface area contributed by atoms with Crippen LogP contribution in [0.3, 0.4) is 0 Å². The summed E-state index contributed by atoms with van der Waals surface area (Å²) >= 11 is 3.53. The van der Waals surface area contributed by atoms with E-state index in [2.05, 4.69) is 33.8 Å². The fourth-order valence-electron chi connectivity index (χ4n) is 3.02. The Labute approximate surface area is 134 Å². The highest BCUT2D eigenvalue weighted by Crippen LogP contribution is 2.32. The van der Waals surface area contributed by atoms with Gasteiger partial charge in [-0.2, -0.15) is 0 Å². The van der Waals surface area contributed by atoms with E-state index >= 15 is 0 Å². The van der Waals surface area contributed by atoms with Gasteiger partial charge in [0.25, 0.3) is 0 Å². The normalized spacial score (nSPS) is 19.1. The van der Waals surface area contributed by atoms with Crippen LogP contribution in [0.4, 0.5) is 5.69 Å². The Morgan fingerprint density at radius 3 is 3.00 bits per heavy atom. The van der Waals surface area contributed by atoms with Crippen LogP contribution >= 0.6 is 15.9 Å². The van der Waals surface area contributed by atoms with E-state index in [-0.39, 0.29) is 0 Å². The van der Waals surface area contributed by atoms with Crippen LogP contribution in [0.15, 0.2) is 28.7 Å². The number of halogens is 1. The largest absolute Gasteiger partial charge is 0.478 e. The van der Waals surface area contributed by atoms with Crippen LogP contribution in [0.5, 0.6) is 0 Å². The van der Waals surface area contributed by atoms with Crippen molar-refractivity contribution in [3.63, 3.8) is 0 Å². The first-order valence-electron chi connectivity index (χ1n) is 7.59. The predicted molar refractivity (Wildman–Crippen MR) is 90.7 cm³/mol. The molecule has 1 aromatic carbocycles. The first kappa shape index (κ1) is 16.1. The van der Waals surface area contributed by atoms with Gasteiger partial charge in [0, 0.05) is 28.8 Å². The number of hydrogen-bond donors (Lipinski definition) is 1. The molecule has 3 nitrogen and oxygen atoms in total. The molecule has 114 valence electrons. The molecule has 1 heterocycles. The fourth-order valence-corrected chi connectivity index (χ4v) is 3.37. The Kier molecular flexibility index (Phi) is 5.85. The van der Waals surface area contributed by atoms with Crippen molar-refractivity contribution >= 4 is 33.7 Å². The molecule has 0 aliphatic carbocycles. The van der Waals surface area contributed by atoms with Crippen LogP contribution in [-0.2, 0) is 4.79 Å². The Bertz CT molecular complexity index is 526. The average molecular weight is 352 g/mol. The van der Waals surface area contributed by atoms with Crippen LogP contribution in [-0.4, -0.2) is 23.7 Å². The molecule has 1 aliphatic rings. The van der Waals surface area contributed by atoms with Crippen molar-refractivity contribution in [1.29, 1.82) is 0 Å². The molecular formula is C17H22BrNO2. The molecule has 1 aromatic rings. The molecule has 2 rings (SSSR count). The molecule has 1 aliphatic heterocycles. The van der Waals surface area contributed by atoms with Gasteiger partial charge in [0.1, 0.15) is 0 Å². The van der Waals surface area contributed by atoms with Crippen LogP contribution < -0.4 is 4.90 Å². The number of hydrogen-bond acceptors (Lipinski definition) is 2. The number of carboxylic acids is 1. The van der Waals surface area contributed by atoms with Crippen molar-refractivity contribution in [1.82, 2.24) is 0 Å². The molecule has 1 saturated heterocycles. The molecule has 0 saturated carbocycles. The number of nitrogens with zero attached hydrogens (tertiary/aromatic N) is 1. The van der Waals surface area contributed by atoms with Gasteiger partial charge in [-0.15, -0.1) is 0 Å². The lowest BCUT2D eigenvalue weighted by Crippen LogP contribution is -2.39. The maximum Gasteiger partial charge on any atom is 0.328 e. The Morgan fingerprint density at radius 2 is 2.29 bits per heavy atom. The molecule has 21 heavy (non-hydrogen) atoms. The summed E-state index contributed by atoms with van der Waals surface area (Å²) in [7, 11) is 0. The molecule has 1 N–H and O–H groups in total. The summed E-state index contributed by atoms with van der Waals surface area (Å²) in [4.78, 5) is 13.2. The molecule has 4 heteroatoms. The van der Waals surface area contributed by atoms with Crippen molar-refractivity contribution in [2.45, 2.75) is 45.1 Å². The van der Waals surface area contributed by atoms with Gasteiger partial charge >= 0.3 is 5.97 Å². The van der Waals surface area contributed by atoms with Crippen LogP contribution in [0, 0.1) is 0 Å². The SMILES string of the molecule is CCCC1CCCCN1c1cc(Br)ccc1/C=C/C(=O)O. The molecule has 0 spiro atoms. The minimum absolute atomic E-state index is 0.565. The maximum absolute atomic E-state index is 10.8. The van der Waals surface area contributed by atoms with E-state index in [0.717, 1.165) is 22.3 Å². The van der Waals surface area contributed by atoms with Gasteiger partial charge in [-0.25, -0.2) is 4.79 Å². The second-order valence-corrected chi connectivity index (χ2v) is 6.42. The number of rotatable bonds is 5. The molecule has 0 amide bonds. The van der Waals surface area contributed by atoms with Gasteiger partial charge < -0.3 is 10.0 Å². The van der Waals surface area contributed by atoms with E-state index in [9.17, 15) is 4.79 Å². The standard InChI is InChI=1S/C17H22BrNO2/c1-2-5-15-6-3-4-11-19(15)16-12-14(18)9-7-13(16)8-10-17(20)21/h7-10,12,15H,2-6,11H2,1H3,(H,20,21)/b10-8+. The van der Waals surface area contributed by atoms with Gasteiger partial charge in [-0.1, -0.05) is 35.3 Å². The Morgan fingerprint density at radius 1 is 1.48 bits per heavy atom. The third-order valence-corrected chi connectivity index (χ3v) is 4.45. The number of anilines is 1. The van der Waals surface area contributed by atoms with E-state index in [1.807, 2.05) is 12.1 Å². The number of carbonyl (C=O) groups is 1. The monoisotopic (exact) mass is 351 g/mol. The van der Waals surface area contributed by atoms with Gasteiger partial charge in [-0.05, 0) is 49.5 Å². The molecule has 0 radical (unpaired) electrons. The predicted octanol–water partition coefficient (Wildman–Crippen LogP) is 4.71. The van der Waals surface area contributed by atoms with Crippen molar-refractivity contribution in [3.05, 3.63) is 34.3 Å². The van der Waals surface area contributed by atoms with Crippen molar-refractivity contribution in [2.75, 3.05) is 11.4 Å². The second kappa shape index (κ2) is 7.64. The highest BCUT2D eigenvalue weighted by molar-refractivity contribution is 9.10. The third-order valence-electron chi connectivity index (χ3n) is 3.96. The molecular weight excluding hydrogens is 330 g/mol. The first-order valence-corrected chi connectivity index (χ1v) is 8.38. The highest BCUT2D eigenvalue weighted by atomic mass is 79.9. The minimum atomic E-state index is -0.910. The third kappa shape index (κ3) is 4.34. The number of aliphatic carboxylic acids is 1. The summed E-state index contributed by atoms with van der Waals surface area (Å²) in [6, 6.07) is 6.62. The summed E-state index contributed by atoms with van der Waals surface area (Å²) in [5.74, 6) is -0.910. The lowest BCUT2D eigenvalue weighted by Gasteiger charge is -2.38. The van der Waals surface area contributed by atoms with Crippen molar-refractivity contribution in [2.24, 2.45) is 0 Å². The summed E-state index contributed by atoms with van der Waals surface area (Å²) in [5, 5.41) is 8.86. The average Bonchev–Trinajstić information content (AvgIpc) is 2.47. The number of piperidine rings is 1. The topological polar surface area (TPSA) is 40.5 Å². The van der Waals surface area contributed by atoms with Crippen molar-refractivity contribution < 1.29 is 9.90 Å². The van der Waals surface area contributed by atoms with E-state index in [0.29, 0.717) is 6.04 Å². The van der Waals surface area contributed by atoms with Gasteiger partial charge in [-0.3, -0.25) is 0 Å². The summed E-state index contributed by atoms with van der Waals surface area (Å²) in [6.07, 6.45) is 8.99. The molecule has 1 unspecified atom stereocenters. The molecule has 1 fully saturated rings. The smallest absolute Gasteiger partial charge is 0.328 e. The zero-order chi connectivity index (χ0) is 15.2. The molecule has 0 bridgehead atoms. The summed E-state index contributed by atoms with van der Waals surface area (Å²) < 4.78 is 1.03. The number of benzene rings is 1.